The van der Waals surface area contributed by atoms with Gasteiger partial charge in [-0.2, -0.15) is 0 Å². The van der Waals surface area contributed by atoms with E-state index < -0.39 is 17.5 Å². The maximum absolute atomic E-state index is 12.6. The van der Waals surface area contributed by atoms with Crippen LogP contribution in [0, 0.1) is 6.92 Å². The second-order valence-corrected chi connectivity index (χ2v) is 5.08. The molecule has 0 bridgehead atoms. The Kier molecular flexibility index (Phi) is 3.06. The topological polar surface area (TPSA) is 80.7 Å². The van der Waals surface area contributed by atoms with Crippen molar-refractivity contribution >= 4 is 17.5 Å². The lowest BCUT2D eigenvalue weighted by atomic mass is 9.82. The van der Waals surface area contributed by atoms with Crippen molar-refractivity contribution in [3.63, 3.8) is 0 Å². The smallest absolute Gasteiger partial charge is 0.341 e. The lowest BCUT2D eigenvalue weighted by molar-refractivity contribution is 0.0597. The fourth-order valence-corrected chi connectivity index (χ4v) is 2.61. The zero-order valence-corrected chi connectivity index (χ0v) is 12.0. The predicted molar refractivity (Wildman–Crippen MR) is 77.5 cm³/mol. The SMILES string of the molecule is COC(=O)c1ccc2c(c1O)C(=O)c1cc(C)ccc1C2=O. The highest BCUT2D eigenvalue weighted by Crippen LogP contribution is 2.35. The van der Waals surface area contributed by atoms with E-state index in [1.54, 1.807) is 25.1 Å². The number of carbonyl (C=O) groups excluding carboxylic acids is 3. The molecule has 0 amide bonds. The summed E-state index contributed by atoms with van der Waals surface area (Å²) >= 11 is 0. The number of ketones is 2. The van der Waals surface area contributed by atoms with E-state index in [4.69, 9.17) is 0 Å². The highest BCUT2D eigenvalue weighted by atomic mass is 16.5. The van der Waals surface area contributed by atoms with Crippen molar-refractivity contribution in [3.8, 4) is 5.75 Å². The number of hydrogen-bond acceptors (Lipinski definition) is 5. The van der Waals surface area contributed by atoms with Gasteiger partial charge in [0.1, 0.15) is 11.3 Å². The second-order valence-electron chi connectivity index (χ2n) is 5.08. The lowest BCUT2D eigenvalue weighted by Gasteiger charge is -2.19. The molecule has 1 aliphatic carbocycles. The average molecular weight is 296 g/mol. The van der Waals surface area contributed by atoms with Crippen molar-refractivity contribution in [1.29, 1.82) is 0 Å². The van der Waals surface area contributed by atoms with Crippen LogP contribution >= 0.6 is 0 Å². The van der Waals surface area contributed by atoms with Crippen LogP contribution < -0.4 is 0 Å². The van der Waals surface area contributed by atoms with E-state index in [-0.39, 0.29) is 28.0 Å². The largest absolute Gasteiger partial charge is 0.506 e. The first-order valence-electron chi connectivity index (χ1n) is 6.60. The highest BCUT2D eigenvalue weighted by molar-refractivity contribution is 6.29. The number of carbonyl (C=O) groups is 3. The standard InChI is InChI=1S/C17H12O5/c1-8-3-4-9-12(7-8)16(20)13-10(14(9)18)5-6-11(15(13)19)17(21)22-2/h3-7,19H,1-2H3. The van der Waals surface area contributed by atoms with Crippen LogP contribution in [0.25, 0.3) is 0 Å². The first-order chi connectivity index (χ1) is 10.5. The van der Waals surface area contributed by atoms with Gasteiger partial charge in [-0.3, -0.25) is 9.59 Å². The first kappa shape index (κ1) is 14.0. The van der Waals surface area contributed by atoms with Crippen molar-refractivity contribution in [2.75, 3.05) is 7.11 Å². The van der Waals surface area contributed by atoms with Crippen LogP contribution in [0.3, 0.4) is 0 Å². The number of phenolic OH excluding ortho intramolecular Hbond substituents is 1. The van der Waals surface area contributed by atoms with E-state index in [2.05, 4.69) is 4.74 Å². The molecule has 5 nitrogen and oxygen atoms in total. The summed E-state index contributed by atoms with van der Waals surface area (Å²) in [4.78, 5) is 36.7. The Bertz CT molecular complexity index is 848. The fourth-order valence-electron chi connectivity index (χ4n) is 2.61. The molecule has 1 aliphatic rings. The van der Waals surface area contributed by atoms with Gasteiger partial charge in [0, 0.05) is 16.7 Å². The zero-order chi connectivity index (χ0) is 16.0. The van der Waals surface area contributed by atoms with Gasteiger partial charge in [0.25, 0.3) is 0 Å². The van der Waals surface area contributed by atoms with Crippen molar-refractivity contribution in [2.24, 2.45) is 0 Å². The Balaban J connectivity index is 2.29. The number of ether oxygens (including phenoxy) is 1. The third kappa shape index (κ3) is 1.83. The van der Waals surface area contributed by atoms with E-state index in [1.165, 1.54) is 19.2 Å². The maximum atomic E-state index is 12.6. The Hall–Kier alpha value is -2.95. The van der Waals surface area contributed by atoms with E-state index >= 15 is 0 Å². The zero-order valence-electron chi connectivity index (χ0n) is 12.0. The third-order valence-electron chi connectivity index (χ3n) is 3.72. The maximum Gasteiger partial charge on any atom is 0.341 e. The van der Waals surface area contributed by atoms with E-state index in [1.807, 2.05) is 0 Å². The molecular formula is C17H12O5. The Morgan fingerprint density at radius 2 is 1.68 bits per heavy atom. The number of hydrogen-bond donors (Lipinski definition) is 1. The number of aromatic hydroxyl groups is 1. The van der Waals surface area contributed by atoms with Gasteiger partial charge in [0.15, 0.2) is 11.6 Å². The molecule has 0 saturated carbocycles. The van der Waals surface area contributed by atoms with Crippen molar-refractivity contribution in [1.82, 2.24) is 0 Å². The molecule has 5 heteroatoms. The number of phenols is 1. The van der Waals surface area contributed by atoms with Crippen molar-refractivity contribution < 1.29 is 24.2 Å². The molecule has 0 fully saturated rings. The summed E-state index contributed by atoms with van der Waals surface area (Å²) in [5, 5.41) is 10.2. The van der Waals surface area contributed by atoms with Crippen molar-refractivity contribution in [2.45, 2.75) is 6.92 Å². The van der Waals surface area contributed by atoms with E-state index in [9.17, 15) is 19.5 Å². The molecule has 0 radical (unpaired) electrons. The van der Waals surface area contributed by atoms with Crippen LogP contribution in [0.4, 0.5) is 0 Å². The van der Waals surface area contributed by atoms with E-state index in [0.717, 1.165) is 5.56 Å². The van der Waals surface area contributed by atoms with E-state index in [0.29, 0.717) is 5.56 Å². The summed E-state index contributed by atoms with van der Waals surface area (Å²) in [6.45, 7) is 1.80. The number of rotatable bonds is 1. The molecule has 3 rings (SSSR count). The molecule has 0 atom stereocenters. The normalized spacial score (nSPS) is 12.6. The summed E-state index contributed by atoms with van der Waals surface area (Å²) in [5.41, 5.74) is 1.16. The molecule has 2 aromatic rings. The second kappa shape index (κ2) is 4.80. The summed E-state index contributed by atoms with van der Waals surface area (Å²) in [5.74, 6) is -2.11. The summed E-state index contributed by atoms with van der Waals surface area (Å²) < 4.78 is 4.56. The molecule has 0 aliphatic heterocycles. The third-order valence-corrected chi connectivity index (χ3v) is 3.72. The van der Waals surface area contributed by atoms with Gasteiger partial charge in [0.05, 0.1) is 12.7 Å². The summed E-state index contributed by atoms with van der Waals surface area (Å²) in [6.07, 6.45) is 0. The van der Waals surface area contributed by atoms with Crippen LogP contribution in [0.2, 0.25) is 0 Å². The fraction of sp³-hybridized carbons (Fsp3) is 0.118. The molecule has 1 N–H and O–H groups in total. The Morgan fingerprint density at radius 3 is 2.36 bits per heavy atom. The van der Waals surface area contributed by atoms with Gasteiger partial charge in [-0.1, -0.05) is 17.7 Å². The molecule has 0 saturated heterocycles. The van der Waals surface area contributed by atoms with Crippen LogP contribution in [0.1, 0.15) is 47.8 Å². The molecule has 0 heterocycles. The lowest BCUT2D eigenvalue weighted by Crippen LogP contribution is -2.22. The number of esters is 1. The minimum absolute atomic E-state index is 0.0894. The van der Waals surface area contributed by atoms with Crippen LogP contribution in [-0.2, 0) is 4.74 Å². The number of benzene rings is 2. The molecule has 2 aromatic carbocycles. The van der Waals surface area contributed by atoms with Gasteiger partial charge >= 0.3 is 5.97 Å². The molecular weight excluding hydrogens is 284 g/mol. The number of aryl methyl sites for hydroxylation is 1. The minimum atomic E-state index is -0.768. The Labute approximate surface area is 126 Å². The predicted octanol–water partition coefficient (Wildman–Crippen LogP) is 2.26. The van der Waals surface area contributed by atoms with Gasteiger partial charge in [-0.25, -0.2) is 4.79 Å². The van der Waals surface area contributed by atoms with Gasteiger partial charge in [-0.05, 0) is 25.1 Å². The highest BCUT2D eigenvalue weighted by Gasteiger charge is 2.34. The number of fused-ring (bicyclic) bond motifs is 2. The van der Waals surface area contributed by atoms with Crippen LogP contribution in [0.15, 0.2) is 30.3 Å². The van der Waals surface area contributed by atoms with Crippen molar-refractivity contribution in [3.05, 3.63) is 63.7 Å². The monoisotopic (exact) mass is 296 g/mol. The average Bonchev–Trinajstić information content (AvgIpc) is 2.51. The Morgan fingerprint density at radius 1 is 1.00 bits per heavy atom. The van der Waals surface area contributed by atoms with Gasteiger partial charge in [-0.15, -0.1) is 0 Å². The molecule has 22 heavy (non-hydrogen) atoms. The molecule has 0 spiro atoms. The molecule has 0 unspecified atom stereocenters. The minimum Gasteiger partial charge on any atom is -0.506 e. The van der Waals surface area contributed by atoms with Gasteiger partial charge < -0.3 is 9.84 Å². The molecule has 0 aromatic heterocycles. The number of methoxy groups -OCH3 is 1. The summed E-state index contributed by atoms with van der Waals surface area (Å²) in [6, 6.07) is 7.59. The molecule has 110 valence electrons. The quantitative estimate of drug-likeness (QED) is 0.697. The summed E-state index contributed by atoms with van der Waals surface area (Å²) in [7, 11) is 1.17. The van der Waals surface area contributed by atoms with Crippen LogP contribution in [-0.4, -0.2) is 29.8 Å². The van der Waals surface area contributed by atoms with Gasteiger partial charge in [0.2, 0.25) is 0 Å². The van der Waals surface area contributed by atoms with Crippen LogP contribution in [0.5, 0.6) is 5.75 Å². The first-order valence-corrected chi connectivity index (χ1v) is 6.60.